The SMILES string of the molecule is CCCCN(CC)C(=N)C(C)(C)C. The highest BCUT2D eigenvalue weighted by molar-refractivity contribution is 5.84. The maximum Gasteiger partial charge on any atom is 0.101 e. The molecule has 0 spiro atoms. The Labute approximate surface area is 82.8 Å². The summed E-state index contributed by atoms with van der Waals surface area (Å²) in [5.41, 5.74) is -0.0102. The second kappa shape index (κ2) is 5.25. The minimum Gasteiger partial charge on any atom is -0.360 e. The fraction of sp³-hybridized carbons (Fsp3) is 0.909. The molecule has 2 nitrogen and oxygen atoms in total. The highest BCUT2D eigenvalue weighted by atomic mass is 15.2. The van der Waals surface area contributed by atoms with Crippen LogP contribution < -0.4 is 0 Å². The Morgan fingerprint density at radius 2 is 1.77 bits per heavy atom. The van der Waals surface area contributed by atoms with E-state index in [4.69, 9.17) is 5.41 Å². The zero-order valence-electron chi connectivity index (χ0n) is 9.78. The van der Waals surface area contributed by atoms with Crippen LogP contribution in [0.2, 0.25) is 0 Å². The molecule has 2 heteroatoms. The van der Waals surface area contributed by atoms with Gasteiger partial charge in [0.15, 0.2) is 0 Å². The number of nitrogens with one attached hydrogen (secondary N) is 1. The molecule has 0 aliphatic rings. The number of hydrogen-bond donors (Lipinski definition) is 1. The van der Waals surface area contributed by atoms with Gasteiger partial charge in [0.05, 0.1) is 0 Å². The van der Waals surface area contributed by atoms with Gasteiger partial charge in [0, 0.05) is 18.5 Å². The number of hydrogen-bond acceptors (Lipinski definition) is 1. The van der Waals surface area contributed by atoms with Gasteiger partial charge >= 0.3 is 0 Å². The molecule has 0 rings (SSSR count). The average molecular weight is 184 g/mol. The van der Waals surface area contributed by atoms with Gasteiger partial charge in [-0.05, 0) is 13.3 Å². The highest BCUT2D eigenvalue weighted by Gasteiger charge is 2.21. The van der Waals surface area contributed by atoms with Gasteiger partial charge in [0.2, 0.25) is 0 Å². The summed E-state index contributed by atoms with van der Waals surface area (Å²) in [6, 6.07) is 0. The van der Waals surface area contributed by atoms with E-state index in [0.717, 1.165) is 18.9 Å². The minimum atomic E-state index is -0.0102. The summed E-state index contributed by atoms with van der Waals surface area (Å²) < 4.78 is 0. The summed E-state index contributed by atoms with van der Waals surface area (Å²) in [6.45, 7) is 12.6. The molecule has 78 valence electrons. The van der Waals surface area contributed by atoms with Crippen molar-refractivity contribution in [2.75, 3.05) is 13.1 Å². The average Bonchev–Trinajstić information content (AvgIpc) is 2.04. The second-order valence-electron chi connectivity index (χ2n) is 4.53. The summed E-state index contributed by atoms with van der Waals surface area (Å²) >= 11 is 0. The summed E-state index contributed by atoms with van der Waals surface area (Å²) in [5.74, 6) is 0.767. The smallest absolute Gasteiger partial charge is 0.101 e. The first-order valence-electron chi connectivity index (χ1n) is 5.27. The normalized spacial score (nSPS) is 11.5. The fourth-order valence-electron chi connectivity index (χ4n) is 1.25. The van der Waals surface area contributed by atoms with Crippen LogP contribution in [0.1, 0.15) is 47.5 Å². The molecule has 0 saturated heterocycles. The third-order valence-electron chi connectivity index (χ3n) is 2.19. The predicted octanol–water partition coefficient (Wildman–Crippen LogP) is 3.13. The van der Waals surface area contributed by atoms with Gasteiger partial charge in [-0.15, -0.1) is 0 Å². The molecule has 0 aromatic heterocycles. The van der Waals surface area contributed by atoms with Gasteiger partial charge in [-0.2, -0.15) is 0 Å². The number of unbranched alkanes of at least 4 members (excludes halogenated alkanes) is 1. The molecule has 0 bridgehead atoms. The van der Waals surface area contributed by atoms with Crippen LogP contribution in [0, 0.1) is 10.8 Å². The third kappa shape index (κ3) is 4.30. The molecule has 0 atom stereocenters. The standard InChI is InChI=1S/C11H24N2/c1-6-8-9-13(7-2)10(12)11(3,4)5/h12H,6-9H2,1-5H3. The van der Waals surface area contributed by atoms with Crippen molar-refractivity contribution in [3.05, 3.63) is 0 Å². The summed E-state index contributed by atoms with van der Waals surface area (Å²) in [7, 11) is 0. The number of amidine groups is 1. The van der Waals surface area contributed by atoms with E-state index < -0.39 is 0 Å². The van der Waals surface area contributed by atoms with Crippen LogP contribution in [0.25, 0.3) is 0 Å². The van der Waals surface area contributed by atoms with Gasteiger partial charge < -0.3 is 4.90 Å². The zero-order chi connectivity index (χ0) is 10.5. The first-order chi connectivity index (χ1) is 5.93. The van der Waals surface area contributed by atoms with E-state index in [2.05, 4.69) is 39.5 Å². The largest absolute Gasteiger partial charge is 0.360 e. The van der Waals surface area contributed by atoms with Crippen molar-refractivity contribution >= 4 is 5.84 Å². The first-order valence-corrected chi connectivity index (χ1v) is 5.27. The molecule has 0 aromatic rings. The monoisotopic (exact) mass is 184 g/mol. The zero-order valence-corrected chi connectivity index (χ0v) is 9.78. The molecular weight excluding hydrogens is 160 g/mol. The molecule has 0 radical (unpaired) electrons. The highest BCUT2D eigenvalue weighted by Crippen LogP contribution is 2.17. The summed E-state index contributed by atoms with van der Waals surface area (Å²) in [4.78, 5) is 2.17. The van der Waals surface area contributed by atoms with Gasteiger partial charge in [-0.3, -0.25) is 5.41 Å². The van der Waals surface area contributed by atoms with E-state index in [1.807, 2.05) is 0 Å². The van der Waals surface area contributed by atoms with Crippen LogP contribution in [-0.2, 0) is 0 Å². The number of nitrogens with zero attached hydrogens (tertiary/aromatic N) is 1. The molecule has 0 aliphatic heterocycles. The minimum absolute atomic E-state index is 0.0102. The lowest BCUT2D eigenvalue weighted by Gasteiger charge is -2.31. The lowest BCUT2D eigenvalue weighted by atomic mass is 9.94. The molecule has 0 heterocycles. The van der Waals surface area contributed by atoms with Crippen LogP contribution in [0.3, 0.4) is 0 Å². The maximum absolute atomic E-state index is 8.00. The quantitative estimate of drug-likeness (QED) is 0.527. The fourth-order valence-corrected chi connectivity index (χ4v) is 1.25. The van der Waals surface area contributed by atoms with Crippen LogP contribution in [0.4, 0.5) is 0 Å². The van der Waals surface area contributed by atoms with Crippen LogP contribution in [-0.4, -0.2) is 23.8 Å². The van der Waals surface area contributed by atoms with Crippen molar-refractivity contribution in [3.63, 3.8) is 0 Å². The maximum atomic E-state index is 8.00. The second-order valence-corrected chi connectivity index (χ2v) is 4.53. The van der Waals surface area contributed by atoms with E-state index in [1.165, 1.54) is 12.8 Å². The Balaban J connectivity index is 4.16. The van der Waals surface area contributed by atoms with Crippen molar-refractivity contribution in [3.8, 4) is 0 Å². The molecule has 0 unspecified atom stereocenters. The molecule has 1 N–H and O–H groups in total. The molecular formula is C11H24N2. The van der Waals surface area contributed by atoms with Crippen molar-refractivity contribution < 1.29 is 0 Å². The summed E-state index contributed by atoms with van der Waals surface area (Å²) in [6.07, 6.45) is 2.39. The van der Waals surface area contributed by atoms with E-state index in [0.29, 0.717) is 0 Å². The van der Waals surface area contributed by atoms with Crippen LogP contribution >= 0.6 is 0 Å². The van der Waals surface area contributed by atoms with Crippen molar-refractivity contribution in [1.29, 1.82) is 5.41 Å². The Morgan fingerprint density at radius 3 is 2.08 bits per heavy atom. The van der Waals surface area contributed by atoms with Gasteiger partial charge in [0.25, 0.3) is 0 Å². The molecule has 0 aromatic carbocycles. The Bertz CT molecular complexity index is 156. The molecule has 0 aliphatic carbocycles. The summed E-state index contributed by atoms with van der Waals surface area (Å²) in [5, 5.41) is 8.00. The number of rotatable bonds is 4. The van der Waals surface area contributed by atoms with Gasteiger partial charge in [-0.25, -0.2) is 0 Å². The predicted molar refractivity (Wildman–Crippen MR) is 59.3 cm³/mol. The molecule has 0 amide bonds. The van der Waals surface area contributed by atoms with E-state index in [-0.39, 0.29) is 5.41 Å². The first kappa shape index (κ1) is 12.5. The Morgan fingerprint density at radius 1 is 1.23 bits per heavy atom. The lowest BCUT2D eigenvalue weighted by molar-refractivity contribution is 0.373. The topological polar surface area (TPSA) is 27.1 Å². The van der Waals surface area contributed by atoms with E-state index in [9.17, 15) is 0 Å². The van der Waals surface area contributed by atoms with Crippen LogP contribution in [0.15, 0.2) is 0 Å². The van der Waals surface area contributed by atoms with E-state index >= 15 is 0 Å². The van der Waals surface area contributed by atoms with Crippen molar-refractivity contribution in [1.82, 2.24) is 4.90 Å². The van der Waals surface area contributed by atoms with Gasteiger partial charge in [0.1, 0.15) is 5.84 Å². The molecule has 13 heavy (non-hydrogen) atoms. The van der Waals surface area contributed by atoms with Crippen molar-refractivity contribution in [2.45, 2.75) is 47.5 Å². The van der Waals surface area contributed by atoms with Gasteiger partial charge in [-0.1, -0.05) is 34.1 Å². The molecule has 0 saturated carbocycles. The molecule has 0 fully saturated rings. The Kier molecular flexibility index (Phi) is 5.04. The lowest BCUT2D eigenvalue weighted by Crippen LogP contribution is -2.39. The van der Waals surface area contributed by atoms with E-state index in [1.54, 1.807) is 0 Å². The van der Waals surface area contributed by atoms with Crippen LogP contribution in [0.5, 0.6) is 0 Å². The Hall–Kier alpha value is -0.530. The third-order valence-corrected chi connectivity index (χ3v) is 2.19. The van der Waals surface area contributed by atoms with Crippen molar-refractivity contribution in [2.24, 2.45) is 5.41 Å².